The number of hydrogen-bond acceptors (Lipinski definition) is 5. The normalized spacial score (nSPS) is 11.4. The van der Waals surface area contributed by atoms with E-state index in [4.69, 9.17) is 10.3 Å². The van der Waals surface area contributed by atoms with Gasteiger partial charge in [-0.2, -0.15) is 18.2 Å². The molecule has 6 nitrogen and oxygen atoms in total. The molecule has 21 heavy (non-hydrogen) atoms. The molecule has 0 radical (unpaired) electrons. The number of carbonyl (C=O) groups excluding carboxylic acids is 1. The molecule has 2 aromatic rings. The molecule has 0 aliphatic heterocycles. The van der Waals surface area contributed by atoms with Gasteiger partial charge in [0.25, 0.3) is 17.6 Å². The van der Waals surface area contributed by atoms with Crippen molar-refractivity contribution in [1.29, 1.82) is 0 Å². The average Bonchev–Trinajstić information content (AvgIpc) is 2.87. The van der Waals surface area contributed by atoms with Crippen molar-refractivity contribution in [2.45, 2.75) is 13.1 Å². The summed E-state index contributed by atoms with van der Waals surface area (Å²) < 4.78 is 42.8. The fourth-order valence-electron chi connectivity index (χ4n) is 1.58. The molecule has 0 spiro atoms. The van der Waals surface area contributed by atoms with E-state index >= 15 is 0 Å². The van der Waals surface area contributed by atoms with E-state index in [0.717, 1.165) is 18.2 Å². The zero-order valence-corrected chi connectivity index (χ0v) is 10.9. The molecular formula is C12H11F3N4O2. The molecule has 1 heterocycles. The fourth-order valence-corrected chi connectivity index (χ4v) is 1.58. The number of hydrogen-bond donors (Lipinski definition) is 2. The van der Waals surface area contributed by atoms with Crippen LogP contribution in [0, 0.1) is 0 Å². The standard InChI is InChI=1S/C12H11F3N4O2/c1-2-17-10(20)9-18-11(21-19-9)7-5-6(12(13,14)15)3-4-8(7)16/h3-5H,2,16H2,1H3,(H,17,20). The minimum atomic E-state index is -4.52. The lowest BCUT2D eigenvalue weighted by atomic mass is 10.1. The molecule has 1 aromatic heterocycles. The summed E-state index contributed by atoms with van der Waals surface area (Å²) in [5, 5.41) is 5.85. The Morgan fingerprint density at radius 3 is 2.76 bits per heavy atom. The molecule has 2 rings (SSSR count). The second-order valence-corrected chi connectivity index (χ2v) is 4.08. The molecule has 1 amide bonds. The van der Waals surface area contributed by atoms with E-state index in [0.29, 0.717) is 6.54 Å². The number of halogens is 3. The third-order valence-corrected chi connectivity index (χ3v) is 2.58. The van der Waals surface area contributed by atoms with E-state index < -0.39 is 17.6 Å². The molecular weight excluding hydrogens is 289 g/mol. The minimum absolute atomic E-state index is 0.0362. The van der Waals surface area contributed by atoms with Crippen molar-refractivity contribution in [3.05, 3.63) is 29.6 Å². The van der Waals surface area contributed by atoms with Crippen LogP contribution < -0.4 is 11.1 Å². The summed E-state index contributed by atoms with van der Waals surface area (Å²) in [4.78, 5) is 15.2. The first-order chi connectivity index (χ1) is 9.82. The third kappa shape index (κ3) is 3.12. The highest BCUT2D eigenvalue weighted by Gasteiger charge is 2.31. The first kappa shape index (κ1) is 14.8. The molecule has 0 saturated carbocycles. The fraction of sp³-hybridized carbons (Fsp3) is 0.250. The molecule has 0 aliphatic carbocycles. The zero-order valence-electron chi connectivity index (χ0n) is 10.9. The Morgan fingerprint density at radius 1 is 1.43 bits per heavy atom. The predicted molar refractivity (Wildman–Crippen MR) is 67.2 cm³/mol. The average molecular weight is 300 g/mol. The van der Waals surface area contributed by atoms with Gasteiger partial charge in [-0.15, -0.1) is 0 Å². The summed E-state index contributed by atoms with van der Waals surface area (Å²) in [5.74, 6) is -1.11. The maximum Gasteiger partial charge on any atom is 0.416 e. The van der Waals surface area contributed by atoms with Crippen molar-refractivity contribution in [3.63, 3.8) is 0 Å². The molecule has 1 aromatic carbocycles. The molecule has 9 heteroatoms. The van der Waals surface area contributed by atoms with E-state index in [-0.39, 0.29) is 23.0 Å². The summed E-state index contributed by atoms with van der Waals surface area (Å²) in [6, 6.07) is 2.73. The van der Waals surface area contributed by atoms with E-state index in [2.05, 4.69) is 15.5 Å². The molecule has 0 fully saturated rings. The molecule has 0 bridgehead atoms. The number of rotatable bonds is 3. The largest absolute Gasteiger partial charge is 0.416 e. The number of alkyl halides is 3. The monoisotopic (exact) mass is 300 g/mol. The summed E-state index contributed by atoms with van der Waals surface area (Å²) in [6.45, 7) is 2.05. The number of nitrogens with zero attached hydrogens (tertiary/aromatic N) is 2. The van der Waals surface area contributed by atoms with Gasteiger partial charge >= 0.3 is 6.18 Å². The second kappa shape index (κ2) is 5.43. The zero-order chi connectivity index (χ0) is 15.6. The maximum atomic E-state index is 12.7. The Kier molecular flexibility index (Phi) is 3.83. The highest BCUT2D eigenvalue weighted by molar-refractivity contribution is 5.90. The Labute approximate surface area is 117 Å². The van der Waals surface area contributed by atoms with Crippen molar-refractivity contribution in [3.8, 4) is 11.5 Å². The summed E-state index contributed by atoms with van der Waals surface area (Å²) in [6.07, 6.45) is -4.52. The van der Waals surface area contributed by atoms with Gasteiger partial charge in [0, 0.05) is 12.2 Å². The Bertz CT molecular complexity index is 667. The quantitative estimate of drug-likeness (QED) is 0.846. The lowest BCUT2D eigenvalue weighted by Gasteiger charge is -2.08. The van der Waals surface area contributed by atoms with Crippen LogP contribution in [0.25, 0.3) is 11.5 Å². The SMILES string of the molecule is CCNC(=O)c1noc(-c2cc(C(F)(F)F)ccc2N)n1. The van der Waals surface area contributed by atoms with Crippen molar-refractivity contribution < 1.29 is 22.5 Å². The Morgan fingerprint density at radius 2 is 2.14 bits per heavy atom. The van der Waals surface area contributed by atoms with Gasteiger partial charge in [0.05, 0.1) is 11.1 Å². The number of aromatic nitrogens is 2. The first-order valence-corrected chi connectivity index (χ1v) is 5.92. The van der Waals surface area contributed by atoms with Gasteiger partial charge in [0.1, 0.15) is 0 Å². The second-order valence-electron chi connectivity index (χ2n) is 4.08. The van der Waals surface area contributed by atoms with E-state index in [1.165, 1.54) is 0 Å². The van der Waals surface area contributed by atoms with E-state index in [9.17, 15) is 18.0 Å². The van der Waals surface area contributed by atoms with Crippen LogP contribution in [0.4, 0.5) is 18.9 Å². The summed E-state index contributed by atoms with van der Waals surface area (Å²) in [7, 11) is 0. The van der Waals surface area contributed by atoms with Crippen LogP contribution in [0.2, 0.25) is 0 Å². The summed E-state index contributed by atoms with van der Waals surface area (Å²) in [5.41, 5.74) is 4.67. The molecule has 3 N–H and O–H groups in total. The topological polar surface area (TPSA) is 94.0 Å². The van der Waals surface area contributed by atoms with Crippen LogP contribution in [0.1, 0.15) is 23.1 Å². The highest BCUT2D eigenvalue weighted by atomic mass is 19.4. The smallest absolute Gasteiger partial charge is 0.398 e. The Balaban J connectivity index is 2.40. The van der Waals surface area contributed by atoms with Gasteiger partial charge in [0.15, 0.2) is 0 Å². The van der Waals surface area contributed by atoms with Crippen molar-refractivity contribution in [1.82, 2.24) is 15.5 Å². The number of carbonyl (C=O) groups is 1. The van der Waals surface area contributed by atoms with Crippen LogP contribution in [-0.4, -0.2) is 22.6 Å². The Hall–Kier alpha value is -2.58. The lowest BCUT2D eigenvalue weighted by molar-refractivity contribution is -0.137. The lowest BCUT2D eigenvalue weighted by Crippen LogP contribution is -2.23. The van der Waals surface area contributed by atoms with Crippen LogP contribution in [0.3, 0.4) is 0 Å². The van der Waals surface area contributed by atoms with E-state index in [1.807, 2.05) is 0 Å². The highest BCUT2D eigenvalue weighted by Crippen LogP contribution is 2.34. The van der Waals surface area contributed by atoms with Gasteiger partial charge in [-0.3, -0.25) is 4.79 Å². The van der Waals surface area contributed by atoms with Gasteiger partial charge in [-0.1, -0.05) is 5.16 Å². The number of anilines is 1. The molecule has 112 valence electrons. The number of nitrogens with one attached hydrogen (secondary N) is 1. The number of nitrogen functional groups attached to an aromatic ring is 1. The first-order valence-electron chi connectivity index (χ1n) is 5.92. The van der Waals surface area contributed by atoms with Crippen molar-refractivity contribution in [2.75, 3.05) is 12.3 Å². The van der Waals surface area contributed by atoms with Crippen LogP contribution in [-0.2, 0) is 6.18 Å². The molecule has 0 unspecified atom stereocenters. The van der Waals surface area contributed by atoms with Crippen LogP contribution >= 0.6 is 0 Å². The number of benzene rings is 1. The predicted octanol–water partition coefficient (Wildman–Crippen LogP) is 2.09. The van der Waals surface area contributed by atoms with Crippen LogP contribution in [0.5, 0.6) is 0 Å². The number of amides is 1. The van der Waals surface area contributed by atoms with Crippen LogP contribution in [0.15, 0.2) is 22.7 Å². The third-order valence-electron chi connectivity index (χ3n) is 2.58. The maximum absolute atomic E-state index is 12.7. The molecule has 0 saturated heterocycles. The van der Waals surface area contributed by atoms with Gasteiger partial charge in [0.2, 0.25) is 0 Å². The minimum Gasteiger partial charge on any atom is -0.398 e. The van der Waals surface area contributed by atoms with Gasteiger partial charge < -0.3 is 15.6 Å². The van der Waals surface area contributed by atoms with Gasteiger partial charge in [-0.25, -0.2) is 0 Å². The molecule has 0 aliphatic rings. The summed E-state index contributed by atoms with van der Waals surface area (Å²) >= 11 is 0. The van der Waals surface area contributed by atoms with Gasteiger partial charge in [-0.05, 0) is 25.1 Å². The molecule has 0 atom stereocenters. The van der Waals surface area contributed by atoms with Crippen molar-refractivity contribution in [2.24, 2.45) is 0 Å². The van der Waals surface area contributed by atoms with E-state index in [1.54, 1.807) is 6.92 Å². The number of nitrogens with two attached hydrogens (primary N) is 1. The van der Waals surface area contributed by atoms with Crippen molar-refractivity contribution >= 4 is 11.6 Å².